The van der Waals surface area contributed by atoms with Crippen LogP contribution in [0.25, 0.3) is 6.08 Å². The highest BCUT2D eigenvalue weighted by molar-refractivity contribution is 7.92. The predicted molar refractivity (Wildman–Crippen MR) is 106 cm³/mol. The molecule has 0 unspecified atom stereocenters. The quantitative estimate of drug-likeness (QED) is 0.774. The molecule has 28 heavy (non-hydrogen) atoms. The number of hydrogen-bond donors (Lipinski definition) is 1. The van der Waals surface area contributed by atoms with Gasteiger partial charge in [0.15, 0.2) is 21.3 Å². The van der Waals surface area contributed by atoms with Crippen LogP contribution < -0.4 is 14.8 Å². The van der Waals surface area contributed by atoms with Gasteiger partial charge in [0, 0.05) is 11.8 Å². The number of hydrogen-bond acceptors (Lipinski definition) is 5. The van der Waals surface area contributed by atoms with E-state index in [1.165, 1.54) is 12.1 Å². The van der Waals surface area contributed by atoms with E-state index < -0.39 is 9.84 Å². The lowest BCUT2D eigenvalue weighted by atomic mass is 10.2. The van der Waals surface area contributed by atoms with E-state index in [1.807, 2.05) is 6.07 Å². The van der Waals surface area contributed by atoms with Crippen molar-refractivity contribution in [3.05, 3.63) is 54.1 Å². The second-order valence-electron chi connectivity index (χ2n) is 6.91. The summed E-state index contributed by atoms with van der Waals surface area (Å²) in [6.45, 7) is 0.198. The van der Waals surface area contributed by atoms with Gasteiger partial charge in [0.2, 0.25) is 12.7 Å². The monoisotopic (exact) mass is 399 g/mol. The van der Waals surface area contributed by atoms with E-state index in [2.05, 4.69) is 5.32 Å². The first-order valence-electron chi connectivity index (χ1n) is 9.25. The minimum atomic E-state index is -3.35. The number of fused-ring (bicyclic) bond motifs is 1. The number of anilines is 1. The molecule has 0 spiro atoms. The van der Waals surface area contributed by atoms with Gasteiger partial charge in [-0.2, -0.15) is 0 Å². The van der Waals surface area contributed by atoms with Gasteiger partial charge in [-0.15, -0.1) is 0 Å². The fraction of sp³-hybridized carbons (Fsp3) is 0.286. The number of rotatable bonds is 5. The van der Waals surface area contributed by atoms with Crippen molar-refractivity contribution in [2.45, 2.75) is 35.8 Å². The molecule has 1 fully saturated rings. The molecule has 146 valence electrons. The van der Waals surface area contributed by atoms with E-state index in [9.17, 15) is 13.2 Å². The Morgan fingerprint density at radius 3 is 2.64 bits per heavy atom. The van der Waals surface area contributed by atoms with Crippen molar-refractivity contribution in [1.29, 1.82) is 0 Å². The molecule has 1 aliphatic heterocycles. The normalized spacial score (nSPS) is 16.6. The Bertz CT molecular complexity index is 1020. The molecule has 4 rings (SSSR count). The summed E-state index contributed by atoms with van der Waals surface area (Å²) in [6.07, 6.45) is 6.37. The summed E-state index contributed by atoms with van der Waals surface area (Å²) >= 11 is 0. The standard InChI is InChI=1S/C21H21NO5S/c23-21(11-9-15-8-10-19-20(12-15)27-14-26-19)22-16-4-3-7-18(13-16)28(24,25)17-5-1-2-6-17/h3-4,7-13,17H,1-2,5-6,14H2,(H,22,23). The maximum absolute atomic E-state index is 12.7. The van der Waals surface area contributed by atoms with Gasteiger partial charge >= 0.3 is 0 Å². The molecule has 7 heteroatoms. The molecule has 1 heterocycles. The summed E-state index contributed by atoms with van der Waals surface area (Å²) in [5.41, 5.74) is 1.26. The van der Waals surface area contributed by atoms with E-state index >= 15 is 0 Å². The van der Waals surface area contributed by atoms with Crippen molar-refractivity contribution in [2.24, 2.45) is 0 Å². The first kappa shape index (κ1) is 18.6. The lowest BCUT2D eigenvalue weighted by molar-refractivity contribution is -0.111. The Morgan fingerprint density at radius 1 is 1.04 bits per heavy atom. The predicted octanol–water partition coefficient (Wildman–Crippen LogP) is 3.78. The van der Waals surface area contributed by atoms with Crippen LogP contribution in [0.2, 0.25) is 0 Å². The van der Waals surface area contributed by atoms with Crippen LogP contribution in [0, 0.1) is 0 Å². The number of carbonyl (C=O) groups is 1. The van der Waals surface area contributed by atoms with Crippen molar-refractivity contribution >= 4 is 27.5 Å². The molecule has 6 nitrogen and oxygen atoms in total. The average molecular weight is 399 g/mol. The van der Waals surface area contributed by atoms with Gasteiger partial charge < -0.3 is 14.8 Å². The lowest BCUT2D eigenvalue weighted by Crippen LogP contribution is -2.18. The second kappa shape index (κ2) is 7.67. The lowest BCUT2D eigenvalue weighted by Gasteiger charge is -2.12. The molecule has 0 atom stereocenters. The van der Waals surface area contributed by atoms with E-state index in [4.69, 9.17) is 9.47 Å². The van der Waals surface area contributed by atoms with Gasteiger partial charge in [0.05, 0.1) is 10.1 Å². The minimum Gasteiger partial charge on any atom is -0.454 e. The molecule has 1 amide bonds. The molecule has 0 radical (unpaired) electrons. The fourth-order valence-electron chi connectivity index (χ4n) is 3.51. The molecule has 0 saturated heterocycles. The summed E-state index contributed by atoms with van der Waals surface area (Å²) in [5, 5.41) is 2.41. The molecule has 1 aliphatic carbocycles. The molecule has 2 aromatic carbocycles. The van der Waals surface area contributed by atoms with Crippen molar-refractivity contribution in [3.8, 4) is 11.5 Å². The SMILES string of the molecule is O=C(C=Cc1ccc2c(c1)OCO2)Nc1cccc(S(=O)(=O)C2CCCC2)c1. The topological polar surface area (TPSA) is 81.7 Å². The van der Waals surface area contributed by atoms with Crippen LogP contribution in [0.1, 0.15) is 31.2 Å². The van der Waals surface area contributed by atoms with Crippen molar-refractivity contribution < 1.29 is 22.7 Å². The molecular weight excluding hydrogens is 378 g/mol. The van der Waals surface area contributed by atoms with E-state index in [0.29, 0.717) is 30.0 Å². The van der Waals surface area contributed by atoms with E-state index in [1.54, 1.807) is 36.4 Å². The Balaban J connectivity index is 1.44. The second-order valence-corrected chi connectivity index (χ2v) is 9.14. The summed E-state index contributed by atoms with van der Waals surface area (Å²) in [4.78, 5) is 12.5. The Labute approximate surface area is 164 Å². The first-order chi connectivity index (χ1) is 13.5. The zero-order chi connectivity index (χ0) is 19.6. The molecule has 0 aromatic heterocycles. The molecule has 1 saturated carbocycles. The van der Waals surface area contributed by atoms with Crippen LogP contribution in [-0.4, -0.2) is 26.4 Å². The number of ether oxygens (including phenoxy) is 2. The number of amides is 1. The summed E-state index contributed by atoms with van der Waals surface area (Å²) < 4.78 is 36.0. The van der Waals surface area contributed by atoms with E-state index in [0.717, 1.165) is 18.4 Å². The van der Waals surface area contributed by atoms with Gasteiger partial charge in [0.25, 0.3) is 0 Å². The Morgan fingerprint density at radius 2 is 1.82 bits per heavy atom. The van der Waals surface area contributed by atoms with Crippen molar-refractivity contribution in [2.75, 3.05) is 12.1 Å². The van der Waals surface area contributed by atoms with Crippen molar-refractivity contribution in [3.63, 3.8) is 0 Å². The Hall–Kier alpha value is -2.80. The van der Waals surface area contributed by atoms with Gasteiger partial charge in [-0.3, -0.25) is 4.79 Å². The molecule has 2 aliphatic rings. The zero-order valence-corrected chi connectivity index (χ0v) is 16.1. The van der Waals surface area contributed by atoms with Crippen LogP contribution in [0.15, 0.2) is 53.4 Å². The largest absolute Gasteiger partial charge is 0.454 e. The zero-order valence-electron chi connectivity index (χ0n) is 15.3. The average Bonchev–Trinajstić information content (AvgIpc) is 3.38. The van der Waals surface area contributed by atoms with Crippen LogP contribution >= 0.6 is 0 Å². The molecule has 0 bridgehead atoms. The number of benzene rings is 2. The smallest absolute Gasteiger partial charge is 0.248 e. The maximum atomic E-state index is 12.7. The summed E-state index contributed by atoms with van der Waals surface area (Å²) in [6, 6.07) is 11.9. The number of carbonyl (C=O) groups excluding carboxylic acids is 1. The van der Waals surface area contributed by atoms with Crippen LogP contribution in [0.4, 0.5) is 5.69 Å². The van der Waals surface area contributed by atoms with E-state index in [-0.39, 0.29) is 22.8 Å². The van der Waals surface area contributed by atoms with Crippen LogP contribution in [-0.2, 0) is 14.6 Å². The van der Waals surface area contributed by atoms with Gasteiger partial charge in [-0.25, -0.2) is 8.42 Å². The highest BCUT2D eigenvalue weighted by Crippen LogP contribution is 2.33. The third-order valence-corrected chi connectivity index (χ3v) is 7.25. The third kappa shape index (κ3) is 3.89. The summed E-state index contributed by atoms with van der Waals surface area (Å²) in [7, 11) is -3.35. The molecule has 1 N–H and O–H groups in total. The third-order valence-electron chi connectivity index (χ3n) is 4.99. The molecular formula is C21H21NO5S. The number of nitrogens with one attached hydrogen (secondary N) is 1. The minimum absolute atomic E-state index is 0.198. The van der Waals surface area contributed by atoms with Gasteiger partial charge in [-0.1, -0.05) is 25.0 Å². The Kier molecular flexibility index (Phi) is 5.09. The first-order valence-corrected chi connectivity index (χ1v) is 10.8. The van der Waals surface area contributed by atoms with Gasteiger partial charge in [0.1, 0.15) is 0 Å². The number of sulfone groups is 1. The van der Waals surface area contributed by atoms with Crippen LogP contribution in [0.5, 0.6) is 11.5 Å². The molecule has 2 aromatic rings. The van der Waals surface area contributed by atoms with Crippen molar-refractivity contribution in [1.82, 2.24) is 0 Å². The highest BCUT2D eigenvalue weighted by Gasteiger charge is 2.30. The van der Waals surface area contributed by atoms with Gasteiger partial charge in [-0.05, 0) is 54.8 Å². The summed E-state index contributed by atoms with van der Waals surface area (Å²) in [5.74, 6) is 0.988. The highest BCUT2D eigenvalue weighted by atomic mass is 32.2. The fourth-order valence-corrected chi connectivity index (χ4v) is 5.41. The maximum Gasteiger partial charge on any atom is 0.248 e. The van der Waals surface area contributed by atoms with Crippen LogP contribution in [0.3, 0.4) is 0 Å².